The van der Waals surface area contributed by atoms with Gasteiger partial charge in [0.2, 0.25) is 0 Å². The zero-order chi connectivity index (χ0) is 10.7. The fraction of sp³-hybridized carbons (Fsp3) is 1.00. The maximum atomic E-state index is 10.8. The summed E-state index contributed by atoms with van der Waals surface area (Å²) in [4.78, 5) is 0. The molecule has 80 valence electrons. The predicted molar refractivity (Wildman–Crippen MR) is 50.0 cm³/mol. The van der Waals surface area contributed by atoms with Gasteiger partial charge in [0.15, 0.2) is 0 Å². The number of hydrogen-bond donors (Lipinski definition) is 1. The quantitative estimate of drug-likeness (QED) is 0.676. The summed E-state index contributed by atoms with van der Waals surface area (Å²) in [6.45, 7) is 1.72. The first kappa shape index (κ1) is 12.9. The summed E-state index contributed by atoms with van der Waals surface area (Å²) in [6.07, 6.45) is 1.62. The van der Waals surface area contributed by atoms with Crippen molar-refractivity contribution < 1.29 is 21.4 Å². The molecule has 0 fully saturated rings. The Labute approximate surface area is 78.8 Å². The Balaban J connectivity index is 4.66. The fourth-order valence-electron chi connectivity index (χ4n) is 0.978. The first-order valence-electron chi connectivity index (χ1n) is 3.81. The van der Waals surface area contributed by atoms with Crippen LogP contribution in [-0.2, 0) is 20.0 Å². The van der Waals surface area contributed by atoms with Gasteiger partial charge in [-0.2, -0.15) is 8.42 Å². The highest BCUT2D eigenvalue weighted by Gasteiger charge is 2.25. The first-order valence-corrected chi connectivity index (χ1v) is 7.37. The van der Waals surface area contributed by atoms with Gasteiger partial charge in [-0.15, -0.1) is 0 Å². The molecule has 0 rings (SSSR count). The molecule has 0 radical (unpaired) electrons. The van der Waals surface area contributed by atoms with Crippen LogP contribution in [0.2, 0.25) is 0 Å². The predicted octanol–water partition coefficient (Wildman–Crippen LogP) is 0.0875. The summed E-state index contributed by atoms with van der Waals surface area (Å²) >= 11 is 0. The Morgan fingerprint density at radius 3 is 1.92 bits per heavy atom. The molecule has 0 aliphatic heterocycles. The molecule has 13 heavy (non-hydrogen) atoms. The van der Waals surface area contributed by atoms with Gasteiger partial charge in [-0.3, -0.25) is 4.55 Å². The van der Waals surface area contributed by atoms with Crippen LogP contribution in [0.4, 0.5) is 0 Å². The molecule has 1 unspecified atom stereocenters. The molecule has 0 amide bonds. The molecule has 0 aromatic heterocycles. The Kier molecular flexibility index (Phi) is 4.34. The van der Waals surface area contributed by atoms with Crippen LogP contribution in [-0.4, -0.2) is 38.6 Å². The van der Waals surface area contributed by atoms with Gasteiger partial charge in [0.25, 0.3) is 10.1 Å². The molecule has 0 saturated carbocycles. The lowest BCUT2D eigenvalue weighted by molar-refractivity contribution is 0.464. The highest BCUT2D eigenvalue weighted by Crippen LogP contribution is 2.09. The molecule has 1 atom stereocenters. The average Bonchev–Trinajstić information content (AvgIpc) is 1.81. The highest BCUT2D eigenvalue weighted by molar-refractivity contribution is 7.93. The van der Waals surface area contributed by atoms with E-state index in [4.69, 9.17) is 4.55 Å². The van der Waals surface area contributed by atoms with Crippen LogP contribution in [0.25, 0.3) is 0 Å². The minimum absolute atomic E-state index is 0.159. The SMILES string of the molecule is CCCC(CS(C)(=O)=O)S(=O)(=O)O. The molecule has 0 aromatic carbocycles. The molecule has 0 aromatic rings. The first-order chi connectivity index (χ1) is 5.67. The molecular formula is C6H14O5S2. The second-order valence-electron chi connectivity index (χ2n) is 3.02. The highest BCUT2D eigenvalue weighted by atomic mass is 32.2. The van der Waals surface area contributed by atoms with Crippen molar-refractivity contribution in [1.29, 1.82) is 0 Å². The van der Waals surface area contributed by atoms with Crippen molar-refractivity contribution in [1.82, 2.24) is 0 Å². The van der Waals surface area contributed by atoms with Crippen LogP contribution in [0.5, 0.6) is 0 Å². The van der Waals surface area contributed by atoms with Crippen molar-refractivity contribution in [2.75, 3.05) is 12.0 Å². The van der Waals surface area contributed by atoms with E-state index in [0.717, 1.165) is 6.26 Å². The van der Waals surface area contributed by atoms with Crippen LogP contribution in [0, 0.1) is 0 Å². The van der Waals surface area contributed by atoms with Crippen molar-refractivity contribution >= 4 is 20.0 Å². The van der Waals surface area contributed by atoms with Crippen molar-refractivity contribution in [3.63, 3.8) is 0 Å². The van der Waals surface area contributed by atoms with Crippen molar-refractivity contribution in [2.45, 2.75) is 25.0 Å². The molecule has 0 heterocycles. The third-order valence-electron chi connectivity index (χ3n) is 1.52. The molecule has 0 bridgehead atoms. The molecule has 5 nitrogen and oxygen atoms in total. The summed E-state index contributed by atoms with van der Waals surface area (Å²) < 4.78 is 51.6. The van der Waals surface area contributed by atoms with Gasteiger partial charge in [0, 0.05) is 6.26 Å². The van der Waals surface area contributed by atoms with Crippen molar-refractivity contribution in [3.8, 4) is 0 Å². The van der Waals surface area contributed by atoms with E-state index in [9.17, 15) is 16.8 Å². The minimum Gasteiger partial charge on any atom is -0.285 e. The third kappa shape index (κ3) is 6.00. The topological polar surface area (TPSA) is 88.5 Å². The summed E-state index contributed by atoms with van der Waals surface area (Å²) in [7, 11) is -7.61. The van der Waals surface area contributed by atoms with E-state index in [1.54, 1.807) is 6.92 Å². The largest absolute Gasteiger partial charge is 0.285 e. The van der Waals surface area contributed by atoms with Gasteiger partial charge in [-0.05, 0) is 6.42 Å². The van der Waals surface area contributed by atoms with Crippen LogP contribution in [0.15, 0.2) is 0 Å². The van der Waals surface area contributed by atoms with Gasteiger partial charge >= 0.3 is 0 Å². The fourth-order valence-corrected chi connectivity index (χ4v) is 3.78. The van der Waals surface area contributed by atoms with Gasteiger partial charge in [-0.25, -0.2) is 8.42 Å². The van der Waals surface area contributed by atoms with Gasteiger partial charge in [0.05, 0.1) is 5.75 Å². The molecule has 0 spiro atoms. The third-order valence-corrected chi connectivity index (χ3v) is 3.98. The second-order valence-corrected chi connectivity index (χ2v) is 6.90. The average molecular weight is 230 g/mol. The Bertz CT molecular complexity index is 339. The van der Waals surface area contributed by atoms with Crippen molar-refractivity contribution in [2.24, 2.45) is 0 Å². The van der Waals surface area contributed by atoms with Gasteiger partial charge in [0.1, 0.15) is 15.1 Å². The standard InChI is InChI=1S/C6H14O5S2/c1-3-4-6(13(9,10)11)5-12(2,7)8/h6H,3-5H2,1-2H3,(H,9,10,11). The van der Waals surface area contributed by atoms with Gasteiger partial charge in [-0.1, -0.05) is 13.3 Å². The van der Waals surface area contributed by atoms with Crippen molar-refractivity contribution in [3.05, 3.63) is 0 Å². The molecule has 0 aliphatic rings. The summed E-state index contributed by atoms with van der Waals surface area (Å²) in [6, 6.07) is 0. The summed E-state index contributed by atoms with van der Waals surface area (Å²) in [5.74, 6) is -0.514. The van der Waals surface area contributed by atoms with E-state index in [0.29, 0.717) is 6.42 Å². The molecule has 7 heteroatoms. The van der Waals surface area contributed by atoms with E-state index in [2.05, 4.69) is 0 Å². The molecule has 0 aliphatic carbocycles. The van der Waals surface area contributed by atoms with E-state index in [1.807, 2.05) is 0 Å². The number of sulfone groups is 1. The van der Waals surface area contributed by atoms with Crippen LogP contribution in [0.1, 0.15) is 19.8 Å². The molecular weight excluding hydrogens is 216 g/mol. The summed E-state index contributed by atoms with van der Waals surface area (Å²) in [5, 5.41) is -1.19. The van der Waals surface area contributed by atoms with Crippen LogP contribution < -0.4 is 0 Å². The lowest BCUT2D eigenvalue weighted by Crippen LogP contribution is -2.28. The number of hydrogen-bond acceptors (Lipinski definition) is 4. The zero-order valence-corrected chi connectivity index (χ0v) is 9.23. The summed E-state index contributed by atoms with van der Waals surface area (Å²) in [5.41, 5.74) is 0. The Morgan fingerprint density at radius 1 is 1.23 bits per heavy atom. The minimum atomic E-state index is -4.24. The Morgan fingerprint density at radius 2 is 1.69 bits per heavy atom. The second kappa shape index (κ2) is 4.39. The van der Waals surface area contributed by atoms with E-state index in [-0.39, 0.29) is 6.42 Å². The van der Waals surface area contributed by atoms with E-state index >= 15 is 0 Å². The Hall–Kier alpha value is -0.140. The maximum absolute atomic E-state index is 10.8. The molecule has 1 N–H and O–H groups in total. The lowest BCUT2D eigenvalue weighted by atomic mass is 10.3. The molecule has 0 saturated heterocycles. The van der Waals surface area contributed by atoms with Crippen LogP contribution >= 0.6 is 0 Å². The number of rotatable bonds is 5. The zero-order valence-electron chi connectivity index (χ0n) is 7.60. The lowest BCUT2D eigenvalue weighted by Gasteiger charge is -2.10. The monoisotopic (exact) mass is 230 g/mol. The van der Waals surface area contributed by atoms with Gasteiger partial charge < -0.3 is 0 Å². The maximum Gasteiger partial charge on any atom is 0.268 e. The van der Waals surface area contributed by atoms with E-state index in [1.165, 1.54) is 0 Å². The normalized spacial score (nSPS) is 15.6. The van der Waals surface area contributed by atoms with Crippen LogP contribution in [0.3, 0.4) is 0 Å². The smallest absolute Gasteiger partial charge is 0.268 e. The van der Waals surface area contributed by atoms with E-state index < -0.39 is 31.0 Å².